The molecule has 1 aromatic rings. The molecule has 1 rings (SSSR count). The van der Waals surface area contributed by atoms with Gasteiger partial charge in [-0.15, -0.1) is 0 Å². The van der Waals surface area contributed by atoms with Gasteiger partial charge in [-0.05, 0) is 31.5 Å². The van der Waals surface area contributed by atoms with E-state index in [0.717, 1.165) is 11.3 Å². The second-order valence-electron chi connectivity index (χ2n) is 4.77. The Kier molecular flexibility index (Phi) is 4.66. The van der Waals surface area contributed by atoms with Crippen LogP contribution in [0.5, 0.6) is 0 Å². The van der Waals surface area contributed by atoms with E-state index in [-0.39, 0.29) is 18.1 Å². The quantitative estimate of drug-likeness (QED) is 0.726. The van der Waals surface area contributed by atoms with Gasteiger partial charge in [-0.1, -0.05) is 12.1 Å². The third-order valence-corrected chi connectivity index (χ3v) is 2.44. The second kappa shape index (κ2) is 5.80. The Morgan fingerprint density at radius 2 is 1.88 bits per heavy atom. The minimum Gasteiger partial charge on any atom is -0.394 e. The van der Waals surface area contributed by atoms with Gasteiger partial charge in [0.2, 0.25) is 5.91 Å². The lowest BCUT2D eigenvalue weighted by Gasteiger charge is -2.23. The molecule has 0 unspecified atom stereocenters. The maximum atomic E-state index is 10.8. The normalized spacial score (nSPS) is 11.3. The first kappa shape index (κ1) is 13.7. The minimum atomic E-state index is -0.281. The number of nitrogens with one attached hydrogen (secondary N) is 2. The Morgan fingerprint density at radius 3 is 2.35 bits per heavy atom. The number of aliphatic hydroxyl groups is 1. The maximum absolute atomic E-state index is 10.8. The molecule has 0 spiro atoms. The molecule has 1 amide bonds. The van der Waals surface area contributed by atoms with Crippen LogP contribution in [-0.4, -0.2) is 23.2 Å². The zero-order valence-corrected chi connectivity index (χ0v) is 10.6. The Balaban J connectivity index is 2.54. The van der Waals surface area contributed by atoms with Gasteiger partial charge in [-0.3, -0.25) is 4.79 Å². The fourth-order valence-electron chi connectivity index (χ4n) is 1.31. The van der Waals surface area contributed by atoms with Gasteiger partial charge in [0.25, 0.3) is 0 Å². The zero-order valence-electron chi connectivity index (χ0n) is 10.6. The van der Waals surface area contributed by atoms with Crippen molar-refractivity contribution in [2.45, 2.75) is 32.9 Å². The second-order valence-corrected chi connectivity index (χ2v) is 4.77. The molecule has 0 aliphatic heterocycles. The highest BCUT2D eigenvalue weighted by molar-refractivity contribution is 5.88. The molecule has 0 bridgehead atoms. The van der Waals surface area contributed by atoms with E-state index in [4.69, 9.17) is 5.11 Å². The summed E-state index contributed by atoms with van der Waals surface area (Å²) in [6.45, 7) is 6.15. The van der Waals surface area contributed by atoms with Crippen molar-refractivity contribution in [2.75, 3.05) is 11.9 Å². The van der Waals surface area contributed by atoms with Crippen molar-refractivity contribution in [3.63, 3.8) is 0 Å². The summed E-state index contributed by atoms with van der Waals surface area (Å²) in [5.41, 5.74) is 1.62. The molecule has 94 valence electrons. The molecule has 0 saturated carbocycles. The predicted molar refractivity (Wildman–Crippen MR) is 68.8 cm³/mol. The molecule has 3 N–H and O–H groups in total. The molecule has 1 aromatic carbocycles. The molecule has 17 heavy (non-hydrogen) atoms. The van der Waals surface area contributed by atoms with Gasteiger partial charge in [-0.25, -0.2) is 0 Å². The molecule has 0 aromatic heterocycles. The number of aliphatic hydroxyl groups excluding tert-OH is 1. The van der Waals surface area contributed by atoms with Crippen LogP contribution in [0.1, 0.15) is 26.3 Å². The fourth-order valence-corrected chi connectivity index (χ4v) is 1.31. The van der Waals surface area contributed by atoms with E-state index in [1.165, 1.54) is 6.92 Å². The molecule has 0 radical (unpaired) electrons. The first-order chi connectivity index (χ1) is 7.93. The lowest BCUT2D eigenvalue weighted by molar-refractivity contribution is -0.114. The van der Waals surface area contributed by atoms with Crippen LogP contribution in [0.15, 0.2) is 24.3 Å². The Bertz CT molecular complexity index is 372. The van der Waals surface area contributed by atoms with Crippen LogP contribution in [-0.2, 0) is 11.3 Å². The van der Waals surface area contributed by atoms with Crippen LogP contribution >= 0.6 is 0 Å². The highest BCUT2D eigenvalue weighted by Crippen LogP contribution is 2.10. The van der Waals surface area contributed by atoms with E-state index in [1.54, 1.807) is 0 Å². The third kappa shape index (κ3) is 4.97. The molecule has 4 nitrogen and oxygen atoms in total. The first-order valence-corrected chi connectivity index (χ1v) is 5.65. The summed E-state index contributed by atoms with van der Waals surface area (Å²) in [5, 5.41) is 15.1. The molecule has 0 atom stereocenters. The Labute approximate surface area is 102 Å². The number of hydrogen-bond acceptors (Lipinski definition) is 3. The number of amides is 1. The monoisotopic (exact) mass is 236 g/mol. The smallest absolute Gasteiger partial charge is 0.221 e. The minimum absolute atomic E-state index is 0.0720. The van der Waals surface area contributed by atoms with Crippen LogP contribution in [0, 0.1) is 0 Å². The van der Waals surface area contributed by atoms with Crippen molar-refractivity contribution in [3.8, 4) is 0 Å². The summed E-state index contributed by atoms with van der Waals surface area (Å²) < 4.78 is 0. The lowest BCUT2D eigenvalue weighted by atomic mass is 10.1. The van der Waals surface area contributed by atoms with E-state index >= 15 is 0 Å². The zero-order chi connectivity index (χ0) is 12.9. The third-order valence-electron chi connectivity index (χ3n) is 2.44. The van der Waals surface area contributed by atoms with E-state index in [9.17, 15) is 4.79 Å². The molecule has 0 fully saturated rings. The van der Waals surface area contributed by atoms with Crippen molar-refractivity contribution in [3.05, 3.63) is 29.8 Å². The molecule has 0 aliphatic rings. The Hall–Kier alpha value is -1.39. The van der Waals surface area contributed by atoms with E-state index in [2.05, 4.69) is 10.6 Å². The number of rotatable bonds is 5. The van der Waals surface area contributed by atoms with Gasteiger partial charge in [0, 0.05) is 24.7 Å². The summed E-state index contributed by atoms with van der Waals surface area (Å²) >= 11 is 0. The van der Waals surface area contributed by atoms with Crippen LogP contribution in [0.4, 0.5) is 5.69 Å². The molecule has 0 saturated heterocycles. The maximum Gasteiger partial charge on any atom is 0.221 e. The summed E-state index contributed by atoms with van der Waals surface area (Å²) in [4.78, 5) is 10.8. The standard InChI is InChI=1S/C13H20N2O2/c1-10(17)15-12-6-4-11(5-7-12)8-14-13(2,3)9-16/h4-7,14,16H,8-9H2,1-3H3,(H,15,17). The van der Waals surface area contributed by atoms with Crippen molar-refractivity contribution in [1.29, 1.82) is 0 Å². The van der Waals surface area contributed by atoms with Crippen LogP contribution < -0.4 is 10.6 Å². The van der Waals surface area contributed by atoms with Crippen molar-refractivity contribution in [2.24, 2.45) is 0 Å². The van der Waals surface area contributed by atoms with Gasteiger partial charge < -0.3 is 15.7 Å². The van der Waals surface area contributed by atoms with Crippen molar-refractivity contribution < 1.29 is 9.90 Å². The fraction of sp³-hybridized carbons (Fsp3) is 0.462. The van der Waals surface area contributed by atoms with E-state index in [0.29, 0.717) is 6.54 Å². The summed E-state index contributed by atoms with van der Waals surface area (Å²) in [7, 11) is 0. The van der Waals surface area contributed by atoms with Gasteiger partial charge in [0.1, 0.15) is 0 Å². The molecule has 4 heteroatoms. The number of benzene rings is 1. The molecule has 0 aliphatic carbocycles. The van der Waals surface area contributed by atoms with E-state index < -0.39 is 0 Å². The first-order valence-electron chi connectivity index (χ1n) is 5.65. The number of carbonyl (C=O) groups excluding carboxylic acids is 1. The number of anilines is 1. The largest absolute Gasteiger partial charge is 0.394 e. The average Bonchev–Trinajstić information content (AvgIpc) is 2.28. The van der Waals surface area contributed by atoms with Crippen LogP contribution in [0.25, 0.3) is 0 Å². The lowest BCUT2D eigenvalue weighted by Crippen LogP contribution is -2.42. The Morgan fingerprint density at radius 1 is 1.29 bits per heavy atom. The topological polar surface area (TPSA) is 61.4 Å². The number of hydrogen-bond donors (Lipinski definition) is 3. The van der Waals surface area contributed by atoms with Gasteiger partial charge in [-0.2, -0.15) is 0 Å². The summed E-state index contributed by atoms with van der Waals surface area (Å²) in [6.07, 6.45) is 0. The molecule has 0 heterocycles. The van der Waals surface area contributed by atoms with Crippen LogP contribution in [0.3, 0.4) is 0 Å². The molecular weight excluding hydrogens is 216 g/mol. The SMILES string of the molecule is CC(=O)Nc1ccc(CNC(C)(C)CO)cc1. The van der Waals surface area contributed by atoms with Gasteiger partial charge in [0.05, 0.1) is 6.61 Å². The van der Waals surface area contributed by atoms with Crippen molar-refractivity contribution >= 4 is 11.6 Å². The van der Waals surface area contributed by atoms with Gasteiger partial charge in [0.15, 0.2) is 0 Å². The van der Waals surface area contributed by atoms with Gasteiger partial charge >= 0.3 is 0 Å². The highest BCUT2D eigenvalue weighted by atomic mass is 16.3. The van der Waals surface area contributed by atoms with E-state index in [1.807, 2.05) is 38.1 Å². The summed E-state index contributed by atoms with van der Waals surface area (Å²) in [5.74, 6) is -0.0720. The molecular formula is C13H20N2O2. The van der Waals surface area contributed by atoms with Crippen molar-refractivity contribution in [1.82, 2.24) is 5.32 Å². The average molecular weight is 236 g/mol. The van der Waals surface area contributed by atoms with Crippen LogP contribution in [0.2, 0.25) is 0 Å². The number of carbonyl (C=O) groups is 1. The predicted octanol–water partition coefficient (Wildman–Crippen LogP) is 1.51. The summed E-state index contributed by atoms with van der Waals surface area (Å²) in [6, 6.07) is 7.63. The highest BCUT2D eigenvalue weighted by Gasteiger charge is 2.14.